The molecular weight excluding hydrogens is 404 g/mol. The zero-order chi connectivity index (χ0) is 23.2. The van der Waals surface area contributed by atoms with Crippen LogP contribution in [-0.4, -0.2) is 68.4 Å². The predicted octanol–water partition coefficient (Wildman–Crippen LogP) is -0.593. The fraction of sp³-hybridized carbons (Fsp3) is 0.550. The number of pyridine rings is 1. The first-order valence-corrected chi connectivity index (χ1v) is 10.2. The number of nitrogen functional groups attached to an aromatic ring is 1. The van der Waals surface area contributed by atoms with Crippen molar-refractivity contribution in [2.24, 2.45) is 23.1 Å². The monoisotopic (exact) mass is 434 g/mol. The molecular formula is C20H30N6O5. The molecule has 2 amide bonds. The average molecular weight is 434 g/mol. The summed E-state index contributed by atoms with van der Waals surface area (Å²) in [5, 5.41) is 27.0. The van der Waals surface area contributed by atoms with Crippen LogP contribution in [0.25, 0.3) is 0 Å². The summed E-state index contributed by atoms with van der Waals surface area (Å²) in [6.45, 7) is 0.0640. The summed E-state index contributed by atoms with van der Waals surface area (Å²) in [5.41, 5.74) is 14.7. The number of carboxylic acids is 1. The third kappa shape index (κ3) is 5.00. The van der Waals surface area contributed by atoms with Crippen molar-refractivity contribution in [3.8, 4) is 0 Å². The van der Waals surface area contributed by atoms with Gasteiger partial charge in [-0.3, -0.25) is 20.0 Å². The van der Waals surface area contributed by atoms with Crippen LogP contribution >= 0.6 is 0 Å². The number of likely N-dealkylation sites (tertiary alicyclic amines) is 1. The minimum absolute atomic E-state index is 0.133. The molecule has 2 heterocycles. The highest BCUT2D eigenvalue weighted by Crippen LogP contribution is 2.43. The van der Waals surface area contributed by atoms with E-state index >= 15 is 0 Å². The molecule has 0 aromatic carbocycles. The number of hydrogen-bond acceptors (Lipinski definition) is 7. The SMILES string of the molecule is N=C(N)c1ccc(C(N)=O)cn1.NCC(=O)N1CCC(O)[C@]1(C(=O)O)C1CCCCC1. The molecule has 1 aliphatic carbocycles. The third-order valence-electron chi connectivity index (χ3n) is 5.95. The molecule has 2 atom stereocenters. The third-order valence-corrected chi connectivity index (χ3v) is 5.95. The van der Waals surface area contributed by atoms with Gasteiger partial charge in [0.15, 0.2) is 5.54 Å². The Hall–Kier alpha value is -3.05. The summed E-state index contributed by atoms with van der Waals surface area (Å²) in [6.07, 6.45) is 5.10. The van der Waals surface area contributed by atoms with Crippen molar-refractivity contribution in [1.29, 1.82) is 5.41 Å². The van der Waals surface area contributed by atoms with Crippen molar-refractivity contribution >= 4 is 23.6 Å². The lowest BCUT2D eigenvalue weighted by Crippen LogP contribution is -2.64. The van der Waals surface area contributed by atoms with E-state index in [1.54, 1.807) is 0 Å². The van der Waals surface area contributed by atoms with Gasteiger partial charge in [-0.2, -0.15) is 0 Å². The van der Waals surface area contributed by atoms with Gasteiger partial charge in [0.2, 0.25) is 11.8 Å². The Kier molecular flexibility index (Phi) is 8.06. The van der Waals surface area contributed by atoms with Crippen LogP contribution < -0.4 is 17.2 Å². The Morgan fingerprint density at radius 2 is 1.81 bits per heavy atom. The lowest BCUT2D eigenvalue weighted by Gasteiger charge is -2.44. The van der Waals surface area contributed by atoms with E-state index in [-0.39, 0.29) is 30.8 Å². The van der Waals surface area contributed by atoms with Gasteiger partial charge in [0.05, 0.1) is 18.2 Å². The molecule has 170 valence electrons. The molecule has 2 fully saturated rings. The molecule has 1 aromatic heterocycles. The standard InChI is InChI=1S/C13H22N2O4.C7H8N4O/c14-8-11(17)15-7-6-10(16)13(15,12(18)19)9-4-2-1-3-5-9;8-6(9)5-2-1-4(3-11-5)7(10)12/h9-10,16H,1-8,14H2,(H,18,19);1-3H,(H3,8,9)(H2,10,12)/t10?,13-;/m0./s1. The fourth-order valence-electron chi connectivity index (χ4n) is 4.44. The van der Waals surface area contributed by atoms with E-state index in [4.69, 9.17) is 22.6 Å². The Morgan fingerprint density at radius 3 is 2.26 bits per heavy atom. The smallest absolute Gasteiger partial charge is 0.332 e. The molecule has 11 nitrogen and oxygen atoms in total. The van der Waals surface area contributed by atoms with E-state index in [0.29, 0.717) is 17.7 Å². The van der Waals surface area contributed by atoms with Crippen LogP contribution in [0.15, 0.2) is 18.3 Å². The van der Waals surface area contributed by atoms with Crippen LogP contribution in [0.5, 0.6) is 0 Å². The van der Waals surface area contributed by atoms with Gasteiger partial charge in [-0.1, -0.05) is 19.3 Å². The maximum Gasteiger partial charge on any atom is 0.332 e. The number of carbonyl (C=O) groups is 3. The highest BCUT2D eigenvalue weighted by molar-refractivity contribution is 5.95. The molecule has 0 spiro atoms. The highest BCUT2D eigenvalue weighted by Gasteiger charge is 2.60. The summed E-state index contributed by atoms with van der Waals surface area (Å²) in [7, 11) is 0. The van der Waals surface area contributed by atoms with E-state index in [1.807, 2.05) is 0 Å². The van der Waals surface area contributed by atoms with Crippen LogP contribution in [0.4, 0.5) is 0 Å². The maximum atomic E-state index is 11.9. The van der Waals surface area contributed by atoms with Gasteiger partial charge >= 0.3 is 5.97 Å². The molecule has 3 rings (SSSR count). The summed E-state index contributed by atoms with van der Waals surface area (Å²) in [6, 6.07) is 2.95. The number of amidine groups is 1. The molecule has 1 aliphatic heterocycles. The number of nitrogens with one attached hydrogen (secondary N) is 1. The summed E-state index contributed by atoms with van der Waals surface area (Å²) < 4.78 is 0. The van der Waals surface area contributed by atoms with Crippen molar-refractivity contribution in [3.05, 3.63) is 29.6 Å². The van der Waals surface area contributed by atoms with Crippen LogP contribution in [-0.2, 0) is 9.59 Å². The summed E-state index contributed by atoms with van der Waals surface area (Å²) >= 11 is 0. The molecule has 1 saturated carbocycles. The second-order valence-electron chi connectivity index (χ2n) is 7.73. The van der Waals surface area contributed by atoms with Gasteiger partial charge < -0.3 is 32.3 Å². The Bertz CT molecular complexity index is 791. The number of aromatic nitrogens is 1. The number of aliphatic hydroxyl groups is 1. The first-order chi connectivity index (χ1) is 14.7. The number of carboxylic acid groups (broad SMARTS) is 1. The minimum Gasteiger partial charge on any atom is -0.479 e. The Balaban J connectivity index is 0.000000245. The Morgan fingerprint density at radius 1 is 1.16 bits per heavy atom. The molecule has 9 N–H and O–H groups in total. The van der Waals surface area contributed by atoms with Gasteiger partial charge in [-0.25, -0.2) is 4.79 Å². The van der Waals surface area contributed by atoms with Crippen molar-refractivity contribution in [3.63, 3.8) is 0 Å². The largest absolute Gasteiger partial charge is 0.479 e. The highest BCUT2D eigenvalue weighted by atomic mass is 16.4. The second kappa shape index (κ2) is 10.3. The van der Waals surface area contributed by atoms with Gasteiger partial charge in [0, 0.05) is 12.7 Å². The molecule has 0 bridgehead atoms. The average Bonchev–Trinajstić information content (AvgIpc) is 3.12. The number of carbonyl (C=O) groups excluding carboxylic acids is 2. The Labute approximate surface area is 180 Å². The molecule has 1 aromatic rings. The number of hydrogen-bond donors (Lipinski definition) is 6. The summed E-state index contributed by atoms with van der Waals surface area (Å²) in [5.74, 6) is -2.33. The lowest BCUT2D eigenvalue weighted by atomic mass is 9.71. The van der Waals surface area contributed by atoms with Crippen LogP contribution in [0.1, 0.15) is 54.6 Å². The van der Waals surface area contributed by atoms with Crippen molar-refractivity contribution < 1.29 is 24.6 Å². The number of nitrogens with two attached hydrogens (primary N) is 3. The molecule has 1 unspecified atom stereocenters. The zero-order valence-electron chi connectivity index (χ0n) is 17.3. The van der Waals surface area contributed by atoms with Gasteiger partial charge in [-0.05, 0) is 37.3 Å². The van der Waals surface area contributed by atoms with E-state index in [2.05, 4.69) is 4.98 Å². The minimum atomic E-state index is -1.46. The van der Waals surface area contributed by atoms with Gasteiger partial charge in [0.1, 0.15) is 11.5 Å². The number of primary amides is 1. The number of rotatable bonds is 5. The van der Waals surface area contributed by atoms with Gasteiger partial charge in [0.25, 0.3) is 0 Å². The van der Waals surface area contributed by atoms with Crippen molar-refractivity contribution in [2.45, 2.75) is 50.2 Å². The number of nitrogens with zero attached hydrogens (tertiary/aromatic N) is 2. The van der Waals surface area contributed by atoms with Crippen LogP contribution in [0.2, 0.25) is 0 Å². The molecule has 1 saturated heterocycles. The van der Waals surface area contributed by atoms with Crippen LogP contribution in [0.3, 0.4) is 0 Å². The molecule has 31 heavy (non-hydrogen) atoms. The van der Waals surface area contributed by atoms with Gasteiger partial charge in [-0.15, -0.1) is 0 Å². The normalized spacial score (nSPS) is 23.5. The predicted molar refractivity (Wildman–Crippen MR) is 112 cm³/mol. The summed E-state index contributed by atoms with van der Waals surface area (Å²) in [4.78, 5) is 39.5. The lowest BCUT2D eigenvalue weighted by molar-refractivity contribution is -0.168. The quantitative estimate of drug-likeness (QED) is 0.260. The molecule has 2 aliphatic rings. The number of aliphatic carboxylic acids is 1. The van der Waals surface area contributed by atoms with E-state index < -0.39 is 23.5 Å². The van der Waals surface area contributed by atoms with Crippen molar-refractivity contribution in [1.82, 2.24) is 9.88 Å². The van der Waals surface area contributed by atoms with E-state index in [0.717, 1.165) is 32.1 Å². The molecule has 11 heteroatoms. The topological polar surface area (TPSA) is 210 Å². The van der Waals surface area contributed by atoms with Crippen molar-refractivity contribution in [2.75, 3.05) is 13.1 Å². The fourth-order valence-corrected chi connectivity index (χ4v) is 4.44. The molecule has 0 radical (unpaired) electrons. The van der Waals surface area contributed by atoms with E-state index in [1.165, 1.54) is 23.2 Å². The second-order valence-corrected chi connectivity index (χ2v) is 7.73. The number of aliphatic hydroxyl groups excluding tert-OH is 1. The first-order valence-electron chi connectivity index (χ1n) is 10.2. The van der Waals surface area contributed by atoms with Crippen LogP contribution in [0, 0.1) is 11.3 Å². The maximum absolute atomic E-state index is 11.9. The first kappa shape index (κ1) is 24.2. The number of amides is 2. The zero-order valence-corrected chi connectivity index (χ0v) is 17.3. The van der Waals surface area contributed by atoms with E-state index in [9.17, 15) is 24.6 Å².